The van der Waals surface area contributed by atoms with Crippen LogP contribution >= 0.6 is 0 Å². The number of nitrogens with zero attached hydrogens (tertiary/aromatic N) is 4. The van der Waals surface area contributed by atoms with Gasteiger partial charge in [0.25, 0.3) is 5.91 Å². The molecule has 2 aromatic rings. The lowest BCUT2D eigenvalue weighted by Crippen LogP contribution is -2.51. The van der Waals surface area contributed by atoms with Crippen LogP contribution in [0.2, 0.25) is 0 Å². The lowest BCUT2D eigenvalue weighted by Gasteiger charge is -2.32. The highest BCUT2D eigenvalue weighted by Crippen LogP contribution is 2.25. The Morgan fingerprint density at radius 1 is 1.21 bits per heavy atom. The van der Waals surface area contributed by atoms with Gasteiger partial charge in [-0.25, -0.2) is 4.98 Å². The second-order valence-electron chi connectivity index (χ2n) is 8.02. The van der Waals surface area contributed by atoms with Gasteiger partial charge in [-0.2, -0.15) is 0 Å². The largest absolute Gasteiger partial charge is 0.378 e. The number of hydrogen-bond acceptors (Lipinski definition) is 4. The van der Waals surface area contributed by atoms with Gasteiger partial charge in [0, 0.05) is 32.3 Å². The van der Waals surface area contributed by atoms with E-state index in [4.69, 9.17) is 9.72 Å². The van der Waals surface area contributed by atoms with E-state index in [0.717, 1.165) is 24.2 Å². The molecule has 28 heavy (non-hydrogen) atoms. The van der Waals surface area contributed by atoms with Crippen LogP contribution in [-0.4, -0.2) is 69.9 Å². The summed E-state index contributed by atoms with van der Waals surface area (Å²) in [5, 5.41) is 0. The van der Waals surface area contributed by atoms with E-state index < -0.39 is 0 Å². The Kier molecular flexibility index (Phi) is 5.35. The Labute approximate surface area is 165 Å². The molecule has 2 aliphatic rings. The summed E-state index contributed by atoms with van der Waals surface area (Å²) in [4.78, 5) is 34.7. The predicted molar refractivity (Wildman–Crippen MR) is 105 cm³/mol. The number of morpholine rings is 1. The van der Waals surface area contributed by atoms with E-state index in [2.05, 4.69) is 13.8 Å². The minimum atomic E-state index is -0.389. The molecule has 150 valence electrons. The molecule has 7 heteroatoms. The summed E-state index contributed by atoms with van der Waals surface area (Å²) in [5.74, 6) is 1.24. The molecule has 0 aromatic carbocycles. The van der Waals surface area contributed by atoms with E-state index >= 15 is 0 Å². The van der Waals surface area contributed by atoms with Crippen LogP contribution in [0, 0.1) is 5.92 Å². The minimum Gasteiger partial charge on any atom is -0.378 e. The Hall–Kier alpha value is -2.41. The zero-order chi connectivity index (χ0) is 19.7. The Balaban J connectivity index is 1.62. The molecular weight excluding hydrogens is 356 g/mol. The Morgan fingerprint density at radius 3 is 2.75 bits per heavy atom. The molecule has 0 saturated carbocycles. The number of likely N-dealkylation sites (tertiary alicyclic amines) is 1. The molecule has 2 aromatic heterocycles. The summed E-state index contributed by atoms with van der Waals surface area (Å²) in [5.41, 5.74) is 1.27. The summed E-state index contributed by atoms with van der Waals surface area (Å²) in [6.07, 6.45) is 4.31. The normalized spacial score (nSPS) is 20.3. The van der Waals surface area contributed by atoms with Gasteiger partial charge in [-0.05, 0) is 30.9 Å². The van der Waals surface area contributed by atoms with Gasteiger partial charge in [0.2, 0.25) is 5.91 Å². The van der Waals surface area contributed by atoms with Gasteiger partial charge in [-0.15, -0.1) is 0 Å². The van der Waals surface area contributed by atoms with Crippen LogP contribution in [0.3, 0.4) is 0 Å². The first-order valence-corrected chi connectivity index (χ1v) is 10.2. The number of rotatable bonds is 4. The highest BCUT2D eigenvalue weighted by atomic mass is 16.5. The lowest BCUT2D eigenvalue weighted by molar-refractivity contribution is -0.139. The molecule has 1 unspecified atom stereocenters. The summed E-state index contributed by atoms with van der Waals surface area (Å²) in [7, 11) is 0. The van der Waals surface area contributed by atoms with Gasteiger partial charge < -0.3 is 18.9 Å². The maximum atomic E-state index is 13.4. The number of amides is 2. The van der Waals surface area contributed by atoms with Gasteiger partial charge in [-0.3, -0.25) is 9.59 Å². The first-order valence-electron chi connectivity index (χ1n) is 10.2. The highest BCUT2D eigenvalue weighted by molar-refractivity contribution is 6.01. The topological polar surface area (TPSA) is 67.2 Å². The molecule has 2 aliphatic heterocycles. The Morgan fingerprint density at radius 2 is 2.00 bits per heavy atom. The van der Waals surface area contributed by atoms with Crippen LogP contribution in [0.15, 0.2) is 24.4 Å². The average molecular weight is 384 g/mol. The zero-order valence-electron chi connectivity index (χ0n) is 16.6. The van der Waals surface area contributed by atoms with Crippen molar-refractivity contribution in [1.82, 2.24) is 19.2 Å². The first kappa shape index (κ1) is 18.9. The molecule has 0 spiro atoms. The average Bonchev–Trinajstić information content (AvgIpc) is 3.33. The van der Waals surface area contributed by atoms with Crippen LogP contribution < -0.4 is 0 Å². The zero-order valence-corrected chi connectivity index (χ0v) is 16.6. The smallest absolute Gasteiger partial charge is 0.275 e. The van der Waals surface area contributed by atoms with E-state index in [-0.39, 0.29) is 17.9 Å². The first-order chi connectivity index (χ1) is 13.6. The quantitative estimate of drug-likeness (QED) is 0.809. The van der Waals surface area contributed by atoms with E-state index in [1.54, 1.807) is 4.90 Å². The number of aromatic nitrogens is 2. The van der Waals surface area contributed by atoms with Crippen molar-refractivity contribution in [2.24, 2.45) is 5.92 Å². The van der Waals surface area contributed by atoms with E-state index in [1.165, 1.54) is 0 Å². The number of imidazole rings is 1. The molecule has 0 radical (unpaired) electrons. The number of carbonyl (C=O) groups excluding carboxylic acids is 2. The number of carbonyl (C=O) groups is 2. The molecule has 1 atom stereocenters. The van der Waals surface area contributed by atoms with E-state index in [9.17, 15) is 9.59 Å². The molecule has 0 N–H and O–H groups in total. The van der Waals surface area contributed by atoms with Gasteiger partial charge in [0.05, 0.1) is 18.7 Å². The van der Waals surface area contributed by atoms with Crippen molar-refractivity contribution >= 4 is 17.3 Å². The third kappa shape index (κ3) is 3.51. The van der Waals surface area contributed by atoms with Crippen molar-refractivity contribution in [2.75, 3.05) is 32.8 Å². The second-order valence-corrected chi connectivity index (χ2v) is 8.02. The van der Waals surface area contributed by atoms with Crippen molar-refractivity contribution in [1.29, 1.82) is 0 Å². The van der Waals surface area contributed by atoms with Crippen LogP contribution in [0.4, 0.5) is 0 Å². The van der Waals surface area contributed by atoms with E-state index in [0.29, 0.717) is 50.9 Å². The standard InChI is InChI=1S/C21H28N4O3/c1-15(2)14-18-22-19(16-6-3-4-8-24(16)18)21(27)25-9-5-7-17(25)20(26)23-10-12-28-13-11-23/h3-4,6,8,15,17H,5,7,9-14H2,1-2H3. The molecule has 4 rings (SSSR count). The molecule has 7 nitrogen and oxygen atoms in total. The number of ether oxygens (including phenoxy) is 1. The van der Waals surface area contributed by atoms with Crippen molar-refractivity contribution in [3.05, 3.63) is 35.9 Å². The van der Waals surface area contributed by atoms with E-state index in [1.807, 2.05) is 33.7 Å². The van der Waals surface area contributed by atoms with Crippen LogP contribution in [0.25, 0.3) is 5.52 Å². The molecule has 4 heterocycles. The minimum absolute atomic E-state index is 0.0417. The second kappa shape index (κ2) is 7.91. The van der Waals surface area contributed by atoms with Crippen LogP contribution in [-0.2, 0) is 16.0 Å². The maximum absolute atomic E-state index is 13.4. The molecule has 0 bridgehead atoms. The molecule has 0 aliphatic carbocycles. The molecular formula is C21H28N4O3. The Bertz CT molecular complexity index is 870. The van der Waals surface area contributed by atoms with Crippen molar-refractivity contribution in [2.45, 2.75) is 39.2 Å². The number of hydrogen-bond donors (Lipinski definition) is 0. The van der Waals surface area contributed by atoms with Crippen molar-refractivity contribution in [3.63, 3.8) is 0 Å². The SMILES string of the molecule is CC(C)Cc1nc(C(=O)N2CCCC2C(=O)N2CCOCC2)c2ccccn12. The van der Waals surface area contributed by atoms with Gasteiger partial charge in [0.1, 0.15) is 11.9 Å². The van der Waals surface area contributed by atoms with Crippen LogP contribution in [0.1, 0.15) is 43.0 Å². The summed E-state index contributed by atoms with van der Waals surface area (Å²) in [6, 6.07) is 5.42. The monoisotopic (exact) mass is 384 g/mol. The summed E-state index contributed by atoms with van der Waals surface area (Å²) in [6.45, 7) is 7.22. The van der Waals surface area contributed by atoms with Gasteiger partial charge in [-0.1, -0.05) is 19.9 Å². The molecule has 2 amide bonds. The third-order valence-corrected chi connectivity index (χ3v) is 5.54. The third-order valence-electron chi connectivity index (χ3n) is 5.54. The van der Waals surface area contributed by atoms with Gasteiger partial charge in [0.15, 0.2) is 5.69 Å². The maximum Gasteiger partial charge on any atom is 0.275 e. The summed E-state index contributed by atoms with van der Waals surface area (Å²) < 4.78 is 7.35. The fourth-order valence-electron chi connectivity index (χ4n) is 4.16. The molecule has 2 saturated heterocycles. The number of fused-ring (bicyclic) bond motifs is 1. The molecule has 2 fully saturated rings. The fraction of sp³-hybridized carbons (Fsp3) is 0.571. The fourth-order valence-corrected chi connectivity index (χ4v) is 4.16. The van der Waals surface area contributed by atoms with Crippen molar-refractivity contribution < 1.29 is 14.3 Å². The van der Waals surface area contributed by atoms with Gasteiger partial charge >= 0.3 is 0 Å². The van der Waals surface area contributed by atoms with Crippen LogP contribution in [0.5, 0.6) is 0 Å². The predicted octanol–water partition coefficient (Wildman–Crippen LogP) is 2.00. The van der Waals surface area contributed by atoms with Crippen molar-refractivity contribution in [3.8, 4) is 0 Å². The summed E-state index contributed by atoms with van der Waals surface area (Å²) >= 11 is 0. The highest BCUT2D eigenvalue weighted by Gasteiger charge is 2.38. The number of pyridine rings is 1. The lowest BCUT2D eigenvalue weighted by atomic mass is 10.1.